The molecule has 0 unspecified atom stereocenters. The highest BCUT2D eigenvalue weighted by molar-refractivity contribution is 6.36. The van der Waals surface area contributed by atoms with E-state index in [4.69, 9.17) is 27.6 Å². The molecule has 0 fully saturated rings. The summed E-state index contributed by atoms with van der Waals surface area (Å²) in [5.74, 6) is -0.351. The van der Waals surface area contributed by atoms with Crippen LogP contribution in [-0.2, 0) is 0 Å². The quantitative estimate of drug-likeness (QED) is 0.764. The number of nitrogens with one attached hydrogen (secondary N) is 1. The molecule has 0 spiro atoms. The minimum absolute atomic E-state index is 0.0545. The van der Waals surface area contributed by atoms with Crippen molar-refractivity contribution in [2.75, 3.05) is 5.32 Å². The number of carbonyl (C=O) groups excluding carboxylic acids is 1. The summed E-state index contributed by atoms with van der Waals surface area (Å²) >= 11 is 11.9. The summed E-state index contributed by atoms with van der Waals surface area (Å²) < 4.78 is 4.90. The third kappa shape index (κ3) is 2.24. The second-order valence-electron chi connectivity index (χ2n) is 4.06. The van der Waals surface area contributed by atoms with Crippen LogP contribution >= 0.6 is 23.2 Å². The Morgan fingerprint density at radius 2 is 2.05 bits per heavy atom. The molecule has 0 saturated carbocycles. The van der Waals surface area contributed by atoms with Gasteiger partial charge in [0.1, 0.15) is 0 Å². The lowest BCUT2D eigenvalue weighted by molar-refractivity contribution is 0.102. The first-order valence-corrected chi connectivity index (χ1v) is 6.50. The van der Waals surface area contributed by atoms with Crippen LogP contribution in [0.25, 0.3) is 10.9 Å². The fraction of sp³-hybridized carbons (Fsp3) is 0. The summed E-state index contributed by atoms with van der Waals surface area (Å²) in [5.41, 5.74) is 1.52. The van der Waals surface area contributed by atoms with E-state index in [1.807, 2.05) is 6.07 Å². The number of halogens is 2. The summed E-state index contributed by atoms with van der Waals surface area (Å²) in [4.78, 5) is 16.3. The molecule has 2 heterocycles. The molecule has 0 saturated heterocycles. The van der Waals surface area contributed by atoms with Gasteiger partial charge in [-0.05, 0) is 41.9 Å². The number of fused-ring (bicyclic) bond motifs is 1. The van der Waals surface area contributed by atoms with Crippen molar-refractivity contribution in [3.63, 3.8) is 0 Å². The molecule has 0 aliphatic heterocycles. The lowest BCUT2D eigenvalue weighted by atomic mass is 10.1. The van der Waals surface area contributed by atoms with Gasteiger partial charge in [-0.1, -0.05) is 11.6 Å². The normalized spacial score (nSPS) is 10.7. The van der Waals surface area contributed by atoms with E-state index >= 15 is 0 Å². The highest BCUT2D eigenvalue weighted by Gasteiger charge is 2.15. The number of carbonyl (C=O) groups is 1. The predicted molar refractivity (Wildman–Crippen MR) is 78.4 cm³/mol. The van der Waals surface area contributed by atoms with Crippen LogP contribution in [0, 0.1) is 0 Å². The second kappa shape index (κ2) is 5.15. The van der Waals surface area contributed by atoms with E-state index in [0.29, 0.717) is 16.2 Å². The van der Waals surface area contributed by atoms with E-state index in [1.165, 1.54) is 12.3 Å². The Morgan fingerprint density at radius 1 is 1.20 bits per heavy atom. The number of hydrogen-bond acceptors (Lipinski definition) is 3. The molecular formula is C14H8Cl2N2O2. The van der Waals surface area contributed by atoms with Gasteiger partial charge in [0, 0.05) is 11.6 Å². The largest absolute Gasteiger partial charge is 0.452 e. The zero-order valence-electron chi connectivity index (χ0n) is 10.1. The van der Waals surface area contributed by atoms with E-state index in [-0.39, 0.29) is 16.7 Å². The molecule has 0 radical (unpaired) electrons. The average molecular weight is 307 g/mol. The number of nitrogens with zero attached hydrogens (tertiary/aromatic N) is 1. The first kappa shape index (κ1) is 13.0. The van der Waals surface area contributed by atoms with E-state index in [2.05, 4.69) is 10.3 Å². The van der Waals surface area contributed by atoms with Crippen LogP contribution in [0.15, 0.2) is 47.2 Å². The molecule has 20 heavy (non-hydrogen) atoms. The van der Waals surface area contributed by atoms with Gasteiger partial charge >= 0.3 is 0 Å². The maximum Gasteiger partial charge on any atom is 0.260 e. The van der Waals surface area contributed by atoms with Crippen LogP contribution in [0.1, 0.15) is 10.4 Å². The predicted octanol–water partition coefficient (Wildman–Crippen LogP) is 4.39. The van der Waals surface area contributed by atoms with Crippen molar-refractivity contribution >= 4 is 45.7 Å². The molecule has 0 atom stereocenters. The zero-order chi connectivity index (χ0) is 14.1. The number of hydrogen-bond donors (Lipinski definition) is 1. The third-order valence-corrected chi connectivity index (χ3v) is 3.43. The second-order valence-corrected chi connectivity index (χ2v) is 4.81. The first-order valence-electron chi connectivity index (χ1n) is 5.74. The Morgan fingerprint density at radius 3 is 2.80 bits per heavy atom. The summed E-state index contributed by atoms with van der Waals surface area (Å²) in [6, 6.07) is 8.52. The van der Waals surface area contributed by atoms with E-state index < -0.39 is 0 Å². The third-order valence-electron chi connectivity index (χ3n) is 2.83. The minimum atomic E-state index is -0.351. The van der Waals surface area contributed by atoms with Gasteiger partial charge in [0.2, 0.25) is 5.22 Å². The molecule has 2 aromatic heterocycles. The highest BCUT2D eigenvalue weighted by atomic mass is 35.5. The van der Waals surface area contributed by atoms with Gasteiger partial charge in [0.05, 0.1) is 28.1 Å². The van der Waals surface area contributed by atoms with Gasteiger partial charge in [-0.3, -0.25) is 9.78 Å². The molecule has 4 nitrogen and oxygen atoms in total. The Hall–Kier alpha value is -2.04. The minimum Gasteiger partial charge on any atom is -0.452 e. The van der Waals surface area contributed by atoms with Crippen LogP contribution in [0.5, 0.6) is 0 Å². The number of aromatic nitrogens is 1. The van der Waals surface area contributed by atoms with Crippen molar-refractivity contribution in [3.05, 3.63) is 58.6 Å². The van der Waals surface area contributed by atoms with Crippen LogP contribution in [0.3, 0.4) is 0 Å². The molecule has 0 aliphatic rings. The Balaban J connectivity index is 2.02. The Kier molecular flexibility index (Phi) is 3.34. The zero-order valence-corrected chi connectivity index (χ0v) is 11.6. The van der Waals surface area contributed by atoms with Crippen LogP contribution in [0.4, 0.5) is 5.69 Å². The molecule has 3 rings (SSSR count). The fourth-order valence-corrected chi connectivity index (χ4v) is 2.31. The highest BCUT2D eigenvalue weighted by Crippen LogP contribution is 2.28. The van der Waals surface area contributed by atoms with Crippen molar-refractivity contribution in [2.24, 2.45) is 0 Å². The van der Waals surface area contributed by atoms with Crippen LogP contribution in [0.2, 0.25) is 10.2 Å². The number of furan rings is 1. The van der Waals surface area contributed by atoms with E-state index in [1.54, 1.807) is 24.4 Å². The average Bonchev–Trinajstić information content (AvgIpc) is 2.88. The standard InChI is InChI=1S/C14H8Cl2N2O2/c15-10-3-4-11(8-2-1-6-17-12(8)10)18-14(19)9-5-7-20-13(9)16/h1-7H,(H,18,19). The molecular weight excluding hydrogens is 299 g/mol. The first-order chi connectivity index (χ1) is 9.66. The number of anilines is 1. The van der Waals surface area contributed by atoms with Crippen LogP contribution in [-0.4, -0.2) is 10.9 Å². The molecule has 1 N–H and O–H groups in total. The summed E-state index contributed by atoms with van der Waals surface area (Å²) in [7, 11) is 0. The molecule has 1 aromatic carbocycles. The number of amides is 1. The molecule has 1 amide bonds. The number of pyridine rings is 1. The van der Waals surface area contributed by atoms with Crippen molar-refractivity contribution in [2.45, 2.75) is 0 Å². The van der Waals surface area contributed by atoms with E-state index in [0.717, 1.165) is 5.39 Å². The van der Waals surface area contributed by atoms with Gasteiger partial charge in [-0.25, -0.2) is 0 Å². The molecule has 6 heteroatoms. The summed E-state index contributed by atoms with van der Waals surface area (Å²) in [6.45, 7) is 0. The molecule has 0 aliphatic carbocycles. The lowest BCUT2D eigenvalue weighted by Crippen LogP contribution is -2.11. The number of benzene rings is 1. The van der Waals surface area contributed by atoms with Crippen molar-refractivity contribution in [1.82, 2.24) is 4.98 Å². The molecule has 100 valence electrons. The van der Waals surface area contributed by atoms with Gasteiger partial charge < -0.3 is 9.73 Å². The summed E-state index contributed by atoms with van der Waals surface area (Å²) in [5, 5.41) is 4.11. The van der Waals surface area contributed by atoms with Gasteiger partial charge in [-0.15, -0.1) is 0 Å². The molecule has 3 aromatic rings. The smallest absolute Gasteiger partial charge is 0.260 e. The maximum atomic E-state index is 12.1. The van der Waals surface area contributed by atoms with Gasteiger partial charge in [0.25, 0.3) is 5.91 Å². The Bertz CT molecular complexity index is 799. The topological polar surface area (TPSA) is 55.1 Å². The monoisotopic (exact) mass is 306 g/mol. The van der Waals surface area contributed by atoms with Crippen molar-refractivity contribution in [3.8, 4) is 0 Å². The van der Waals surface area contributed by atoms with Gasteiger partial charge in [-0.2, -0.15) is 0 Å². The molecule has 0 bridgehead atoms. The maximum absolute atomic E-state index is 12.1. The fourth-order valence-electron chi connectivity index (χ4n) is 1.89. The SMILES string of the molecule is O=C(Nc1ccc(Cl)c2ncccc12)c1ccoc1Cl. The lowest BCUT2D eigenvalue weighted by Gasteiger charge is -2.08. The summed E-state index contributed by atoms with van der Waals surface area (Å²) in [6.07, 6.45) is 3.01. The van der Waals surface area contributed by atoms with Crippen molar-refractivity contribution < 1.29 is 9.21 Å². The van der Waals surface area contributed by atoms with E-state index in [9.17, 15) is 4.79 Å². The number of rotatable bonds is 2. The Labute approximate surface area is 124 Å². The van der Waals surface area contributed by atoms with Crippen molar-refractivity contribution in [1.29, 1.82) is 0 Å². The van der Waals surface area contributed by atoms with Crippen LogP contribution < -0.4 is 5.32 Å². The van der Waals surface area contributed by atoms with Gasteiger partial charge in [0.15, 0.2) is 0 Å².